The number of hydrogen-bond donors (Lipinski definition) is 2. The Labute approximate surface area is 206 Å². The lowest BCUT2D eigenvalue weighted by Gasteiger charge is -2.36. The molecule has 0 amide bonds. The summed E-state index contributed by atoms with van der Waals surface area (Å²) in [7, 11) is 0. The Morgan fingerprint density at radius 2 is 2.00 bits per heavy atom. The Balaban J connectivity index is 1.83. The van der Waals surface area contributed by atoms with Gasteiger partial charge in [-0.15, -0.1) is 0 Å². The fraction of sp³-hybridized carbons (Fsp3) is 0.407. The molecule has 5 rings (SSSR count). The van der Waals surface area contributed by atoms with Crippen LogP contribution in [0.4, 0.5) is 8.78 Å². The second-order valence-corrected chi connectivity index (χ2v) is 10.7. The molecule has 1 aliphatic rings. The van der Waals surface area contributed by atoms with Crippen LogP contribution in [0.2, 0.25) is 0 Å². The molecule has 4 aromatic rings. The first-order chi connectivity index (χ1) is 17.1. The normalized spacial score (nSPS) is 20.6. The molecular weight excluding hydrogens is 464 g/mol. The summed E-state index contributed by atoms with van der Waals surface area (Å²) < 4.78 is 30.2. The topological polar surface area (TPSA) is 108 Å². The number of aliphatic carboxylic acids is 1. The van der Waals surface area contributed by atoms with Crippen LogP contribution in [-0.2, 0) is 10.2 Å². The van der Waals surface area contributed by atoms with E-state index >= 15 is 0 Å². The fourth-order valence-corrected chi connectivity index (χ4v) is 5.58. The van der Waals surface area contributed by atoms with Crippen molar-refractivity contribution in [1.29, 1.82) is 5.26 Å². The maximum Gasteiger partial charge on any atom is 0.309 e. The number of pyridine rings is 1. The highest BCUT2D eigenvalue weighted by Gasteiger charge is 2.41. The quantitative estimate of drug-likeness (QED) is 0.350. The highest BCUT2D eigenvalue weighted by atomic mass is 19.2. The van der Waals surface area contributed by atoms with Gasteiger partial charge in [0, 0.05) is 40.2 Å². The monoisotopic (exact) mass is 491 g/mol. The third-order valence-corrected chi connectivity index (χ3v) is 7.72. The van der Waals surface area contributed by atoms with Gasteiger partial charge in [0.2, 0.25) is 0 Å². The third kappa shape index (κ3) is 3.72. The first kappa shape index (κ1) is 23.9. The van der Waals surface area contributed by atoms with Crippen molar-refractivity contribution < 1.29 is 18.7 Å². The van der Waals surface area contributed by atoms with Gasteiger partial charge in [0.1, 0.15) is 0 Å². The van der Waals surface area contributed by atoms with E-state index in [2.05, 4.69) is 16.3 Å². The Bertz CT molecular complexity index is 1540. The molecule has 0 saturated heterocycles. The number of carboxylic acids is 1. The predicted octanol–water partition coefficient (Wildman–Crippen LogP) is 6.12. The van der Waals surface area contributed by atoms with Crippen LogP contribution in [0.1, 0.15) is 70.1 Å². The number of aromatic amines is 1. The molecule has 0 aliphatic heterocycles. The summed E-state index contributed by atoms with van der Waals surface area (Å²) >= 11 is 0. The Hall–Kier alpha value is -3.80. The number of benzene rings is 1. The third-order valence-electron chi connectivity index (χ3n) is 7.72. The standard InChI is InChI=1S/C27H27F2N5O2/c1-26(2,10-11-30)23-21(15-6-8-27(3,9-7-15)25(35)36)22-20(12-16-14-31-33-24(16)32-22)34(23)17-4-5-18(28)19(29)13-17/h4-5,12-15H,6-10H2,1-3H3,(H,35,36)(H,31,32,33)/t15-,27-. The molecule has 9 heteroatoms. The van der Waals surface area contributed by atoms with Crippen molar-refractivity contribution in [3.8, 4) is 11.8 Å². The second-order valence-electron chi connectivity index (χ2n) is 10.7. The van der Waals surface area contributed by atoms with E-state index in [4.69, 9.17) is 4.98 Å². The van der Waals surface area contributed by atoms with Crippen LogP contribution in [0, 0.1) is 28.4 Å². The number of nitriles is 1. The number of nitrogens with zero attached hydrogens (tertiary/aromatic N) is 4. The number of aromatic nitrogens is 4. The minimum atomic E-state index is -0.966. The van der Waals surface area contributed by atoms with E-state index in [1.165, 1.54) is 6.07 Å². The van der Waals surface area contributed by atoms with Gasteiger partial charge in [-0.05, 0) is 56.7 Å². The first-order valence-corrected chi connectivity index (χ1v) is 12.0. The van der Waals surface area contributed by atoms with Gasteiger partial charge in [-0.25, -0.2) is 13.8 Å². The number of carboxylic acid groups (broad SMARTS) is 1. The molecule has 0 spiro atoms. The average Bonchev–Trinajstić information content (AvgIpc) is 3.42. The van der Waals surface area contributed by atoms with Crippen LogP contribution in [-0.4, -0.2) is 30.8 Å². The zero-order chi connectivity index (χ0) is 25.8. The van der Waals surface area contributed by atoms with Gasteiger partial charge in [0.15, 0.2) is 17.3 Å². The number of nitrogens with one attached hydrogen (secondary N) is 1. The van der Waals surface area contributed by atoms with Crippen molar-refractivity contribution in [2.75, 3.05) is 0 Å². The molecule has 0 unspecified atom stereocenters. The summed E-state index contributed by atoms with van der Waals surface area (Å²) in [5.41, 5.74) is 2.72. The lowest BCUT2D eigenvalue weighted by atomic mass is 9.68. The number of rotatable bonds is 5. The van der Waals surface area contributed by atoms with Crippen LogP contribution in [0.3, 0.4) is 0 Å². The molecule has 0 atom stereocenters. The molecule has 1 fully saturated rings. The summed E-state index contributed by atoms with van der Waals surface area (Å²) in [6.07, 6.45) is 4.14. The molecule has 1 aliphatic carbocycles. The summed E-state index contributed by atoms with van der Waals surface area (Å²) in [5.74, 6) is -2.71. The Morgan fingerprint density at radius 3 is 2.64 bits per heavy atom. The number of hydrogen-bond acceptors (Lipinski definition) is 4. The van der Waals surface area contributed by atoms with Gasteiger partial charge in [0.05, 0.1) is 28.7 Å². The van der Waals surface area contributed by atoms with Gasteiger partial charge >= 0.3 is 5.97 Å². The van der Waals surface area contributed by atoms with E-state index in [1.54, 1.807) is 13.1 Å². The molecule has 1 saturated carbocycles. The molecule has 36 heavy (non-hydrogen) atoms. The van der Waals surface area contributed by atoms with Crippen molar-refractivity contribution in [2.45, 2.75) is 64.2 Å². The molecule has 186 valence electrons. The fourth-order valence-electron chi connectivity index (χ4n) is 5.58. The molecule has 0 bridgehead atoms. The van der Waals surface area contributed by atoms with Crippen molar-refractivity contribution in [1.82, 2.24) is 19.7 Å². The predicted molar refractivity (Wildman–Crippen MR) is 131 cm³/mol. The van der Waals surface area contributed by atoms with Gasteiger partial charge in [0.25, 0.3) is 0 Å². The Kier molecular flexibility index (Phi) is 5.58. The summed E-state index contributed by atoms with van der Waals surface area (Å²) in [4.78, 5) is 16.8. The maximum absolute atomic E-state index is 14.4. The van der Waals surface area contributed by atoms with Crippen LogP contribution in [0.5, 0.6) is 0 Å². The second kappa shape index (κ2) is 8.40. The Morgan fingerprint density at radius 1 is 1.28 bits per heavy atom. The van der Waals surface area contributed by atoms with Crippen LogP contribution in [0.15, 0.2) is 30.5 Å². The van der Waals surface area contributed by atoms with E-state index in [-0.39, 0.29) is 12.3 Å². The number of carbonyl (C=O) groups is 1. The van der Waals surface area contributed by atoms with E-state index in [9.17, 15) is 23.9 Å². The molecule has 7 nitrogen and oxygen atoms in total. The SMILES string of the molecule is CC(C)(CC#N)c1c([C@H]2CC[C@](C)(C(=O)O)CC2)c2nc3[nH]ncc3cc2n1-c1ccc(F)c(F)c1. The molecule has 3 aromatic heterocycles. The van der Waals surface area contributed by atoms with Crippen LogP contribution < -0.4 is 0 Å². The minimum absolute atomic E-state index is 0.00712. The minimum Gasteiger partial charge on any atom is -0.481 e. The molecule has 0 radical (unpaired) electrons. The van der Waals surface area contributed by atoms with E-state index in [0.717, 1.165) is 28.8 Å². The molecule has 2 N–H and O–H groups in total. The number of H-pyrrole nitrogens is 1. The van der Waals surface area contributed by atoms with Crippen molar-refractivity contribution in [3.63, 3.8) is 0 Å². The van der Waals surface area contributed by atoms with E-state index < -0.39 is 28.4 Å². The van der Waals surface area contributed by atoms with Crippen LogP contribution >= 0.6 is 0 Å². The van der Waals surface area contributed by atoms with E-state index in [0.29, 0.717) is 48.1 Å². The van der Waals surface area contributed by atoms with Gasteiger partial charge in [-0.2, -0.15) is 10.4 Å². The highest BCUT2D eigenvalue weighted by molar-refractivity contribution is 5.94. The lowest BCUT2D eigenvalue weighted by Crippen LogP contribution is -2.32. The maximum atomic E-state index is 14.4. The molecule has 1 aromatic carbocycles. The highest BCUT2D eigenvalue weighted by Crippen LogP contribution is 2.49. The van der Waals surface area contributed by atoms with Crippen molar-refractivity contribution >= 4 is 28.0 Å². The summed E-state index contributed by atoms with van der Waals surface area (Å²) in [6.45, 7) is 5.70. The summed E-state index contributed by atoms with van der Waals surface area (Å²) in [6, 6.07) is 7.97. The lowest BCUT2D eigenvalue weighted by molar-refractivity contribution is -0.149. The van der Waals surface area contributed by atoms with Gasteiger partial charge in [-0.3, -0.25) is 9.89 Å². The number of halogens is 2. The van der Waals surface area contributed by atoms with Crippen LogP contribution in [0.25, 0.3) is 27.8 Å². The zero-order valence-electron chi connectivity index (χ0n) is 20.4. The zero-order valence-corrected chi connectivity index (χ0v) is 20.4. The number of fused-ring (bicyclic) bond motifs is 2. The smallest absolute Gasteiger partial charge is 0.309 e. The van der Waals surface area contributed by atoms with Crippen molar-refractivity contribution in [3.05, 3.63) is 53.4 Å². The average molecular weight is 492 g/mol. The molecule has 3 heterocycles. The molecular formula is C27H27F2N5O2. The first-order valence-electron chi connectivity index (χ1n) is 12.0. The van der Waals surface area contributed by atoms with E-state index in [1.807, 2.05) is 24.5 Å². The van der Waals surface area contributed by atoms with Crippen molar-refractivity contribution in [2.24, 2.45) is 5.41 Å². The van der Waals surface area contributed by atoms with Gasteiger partial charge in [-0.1, -0.05) is 13.8 Å². The summed E-state index contributed by atoms with van der Waals surface area (Å²) in [5, 5.41) is 27.2. The largest absolute Gasteiger partial charge is 0.481 e. The van der Waals surface area contributed by atoms with Gasteiger partial charge < -0.3 is 9.67 Å².